The molecule has 0 bridgehead atoms. The molecular weight excluding hydrogens is 282 g/mol. The zero-order valence-corrected chi connectivity index (χ0v) is 11.4. The van der Waals surface area contributed by atoms with Crippen LogP contribution in [0, 0.1) is 0 Å². The van der Waals surface area contributed by atoms with Crippen molar-refractivity contribution in [1.29, 1.82) is 0 Å². The van der Waals surface area contributed by atoms with E-state index in [-0.39, 0.29) is 12.3 Å². The van der Waals surface area contributed by atoms with Crippen LogP contribution in [0.3, 0.4) is 0 Å². The van der Waals surface area contributed by atoms with Crippen LogP contribution in [0.25, 0.3) is 17.0 Å². The summed E-state index contributed by atoms with van der Waals surface area (Å²) in [6.45, 7) is 1.93. The van der Waals surface area contributed by atoms with Gasteiger partial charge in [0, 0.05) is 27.6 Å². The molecule has 1 aromatic carbocycles. The number of hydrogen-bond acceptors (Lipinski definition) is 3. The maximum absolute atomic E-state index is 11.9. The van der Waals surface area contributed by atoms with Gasteiger partial charge in [0.15, 0.2) is 0 Å². The number of aliphatic carboxylic acids is 1. The van der Waals surface area contributed by atoms with E-state index in [0.717, 1.165) is 6.08 Å². The molecule has 2 rings (SSSR count). The Labute approximate surface area is 119 Å². The van der Waals surface area contributed by atoms with Crippen molar-refractivity contribution in [3.8, 4) is 0 Å². The van der Waals surface area contributed by atoms with E-state index < -0.39 is 11.9 Å². The summed E-state index contributed by atoms with van der Waals surface area (Å²) in [5.41, 5.74) is 1.34. The van der Waals surface area contributed by atoms with Gasteiger partial charge in [-0.05, 0) is 31.2 Å². The van der Waals surface area contributed by atoms with Crippen LogP contribution >= 0.6 is 11.6 Å². The number of aromatic nitrogens is 1. The Morgan fingerprint density at radius 3 is 2.85 bits per heavy atom. The number of aromatic amines is 1. The molecular formula is C14H12ClNO4. The number of carbonyl (C=O) groups excluding carboxylic acids is 1. The second-order valence-corrected chi connectivity index (χ2v) is 4.43. The Morgan fingerprint density at radius 1 is 1.45 bits per heavy atom. The molecule has 0 atom stereocenters. The number of rotatable bonds is 4. The van der Waals surface area contributed by atoms with Crippen molar-refractivity contribution >= 4 is 40.5 Å². The van der Waals surface area contributed by atoms with Gasteiger partial charge in [0.1, 0.15) is 5.69 Å². The van der Waals surface area contributed by atoms with Crippen molar-refractivity contribution in [3.63, 3.8) is 0 Å². The third-order valence-electron chi connectivity index (χ3n) is 2.67. The molecule has 0 aliphatic heterocycles. The van der Waals surface area contributed by atoms with Crippen LogP contribution in [-0.2, 0) is 9.53 Å². The van der Waals surface area contributed by atoms with Gasteiger partial charge in [0.2, 0.25) is 0 Å². The first kappa shape index (κ1) is 14.1. The molecule has 20 heavy (non-hydrogen) atoms. The van der Waals surface area contributed by atoms with Crippen LogP contribution < -0.4 is 0 Å². The van der Waals surface area contributed by atoms with E-state index in [2.05, 4.69) is 4.98 Å². The molecule has 6 heteroatoms. The molecule has 0 radical (unpaired) electrons. The summed E-state index contributed by atoms with van der Waals surface area (Å²) in [4.78, 5) is 25.5. The van der Waals surface area contributed by atoms with E-state index in [0.29, 0.717) is 21.5 Å². The van der Waals surface area contributed by atoms with Gasteiger partial charge >= 0.3 is 11.9 Å². The zero-order chi connectivity index (χ0) is 14.7. The average Bonchev–Trinajstić information content (AvgIpc) is 2.74. The molecule has 0 aliphatic rings. The summed E-state index contributed by atoms with van der Waals surface area (Å²) in [6.07, 6.45) is 2.32. The Hall–Kier alpha value is -2.27. The Bertz CT molecular complexity index is 703. The number of hydrogen-bond donors (Lipinski definition) is 2. The second-order valence-electron chi connectivity index (χ2n) is 4.00. The molecule has 2 aromatic rings. The number of nitrogens with one attached hydrogen (secondary N) is 1. The van der Waals surface area contributed by atoms with Gasteiger partial charge in [-0.2, -0.15) is 0 Å². The summed E-state index contributed by atoms with van der Waals surface area (Å²) >= 11 is 5.93. The van der Waals surface area contributed by atoms with Crippen molar-refractivity contribution in [2.45, 2.75) is 6.92 Å². The first-order valence-electron chi connectivity index (χ1n) is 5.92. The molecule has 1 aromatic heterocycles. The zero-order valence-electron chi connectivity index (χ0n) is 10.6. The molecule has 0 saturated carbocycles. The molecule has 0 fully saturated rings. The normalized spacial score (nSPS) is 11.1. The van der Waals surface area contributed by atoms with Gasteiger partial charge in [-0.1, -0.05) is 11.6 Å². The summed E-state index contributed by atoms with van der Waals surface area (Å²) in [5.74, 6) is -1.64. The maximum atomic E-state index is 11.9. The quantitative estimate of drug-likeness (QED) is 0.670. The maximum Gasteiger partial charge on any atom is 0.355 e. The highest BCUT2D eigenvalue weighted by Crippen LogP contribution is 2.27. The fourth-order valence-electron chi connectivity index (χ4n) is 1.88. The standard InChI is InChI=1S/C14H12ClNO4/c1-2-20-14(19)13-9(4-6-12(17)18)10-7-8(15)3-5-11(10)16-13/h3-7,16H,2H2,1H3,(H,17,18)/b6-4-. The lowest BCUT2D eigenvalue weighted by Crippen LogP contribution is -2.06. The van der Waals surface area contributed by atoms with Crippen LogP contribution in [0.2, 0.25) is 5.02 Å². The number of carbonyl (C=O) groups is 2. The van der Waals surface area contributed by atoms with Crippen LogP contribution in [0.1, 0.15) is 23.0 Å². The minimum atomic E-state index is -1.10. The molecule has 5 nitrogen and oxygen atoms in total. The van der Waals surface area contributed by atoms with Crippen LogP contribution in [-0.4, -0.2) is 28.6 Å². The molecule has 0 spiro atoms. The minimum Gasteiger partial charge on any atom is -0.478 e. The lowest BCUT2D eigenvalue weighted by Gasteiger charge is -2.00. The number of esters is 1. The number of ether oxygens (including phenoxy) is 1. The first-order valence-corrected chi connectivity index (χ1v) is 6.30. The fraction of sp³-hybridized carbons (Fsp3) is 0.143. The van der Waals surface area contributed by atoms with E-state index in [4.69, 9.17) is 21.4 Å². The lowest BCUT2D eigenvalue weighted by atomic mass is 10.1. The van der Waals surface area contributed by atoms with Gasteiger partial charge in [0.05, 0.1) is 6.61 Å². The van der Waals surface area contributed by atoms with Crippen LogP contribution in [0.5, 0.6) is 0 Å². The van der Waals surface area contributed by atoms with Crippen molar-refractivity contribution < 1.29 is 19.4 Å². The predicted molar refractivity (Wildman–Crippen MR) is 75.9 cm³/mol. The Morgan fingerprint density at radius 2 is 2.20 bits per heavy atom. The largest absolute Gasteiger partial charge is 0.478 e. The Kier molecular flexibility index (Phi) is 4.10. The van der Waals surface area contributed by atoms with Crippen molar-refractivity contribution in [2.24, 2.45) is 0 Å². The van der Waals surface area contributed by atoms with Crippen molar-refractivity contribution in [1.82, 2.24) is 4.98 Å². The summed E-state index contributed by atoms with van der Waals surface area (Å²) in [7, 11) is 0. The van der Waals surface area contributed by atoms with Crippen molar-refractivity contribution in [2.75, 3.05) is 6.61 Å². The molecule has 1 heterocycles. The SMILES string of the molecule is CCOC(=O)c1[nH]c2ccc(Cl)cc2c1/C=C\C(=O)O. The number of benzene rings is 1. The van der Waals surface area contributed by atoms with Crippen LogP contribution in [0.15, 0.2) is 24.3 Å². The average molecular weight is 294 g/mol. The van der Waals surface area contributed by atoms with E-state index in [9.17, 15) is 9.59 Å². The molecule has 0 aliphatic carbocycles. The third kappa shape index (κ3) is 2.83. The highest BCUT2D eigenvalue weighted by atomic mass is 35.5. The van der Waals surface area contributed by atoms with Gasteiger partial charge in [-0.25, -0.2) is 9.59 Å². The highest BCUT2D eigenvalue weighted by Gasteiger charge is 2.17. The Balaban J connectivity index is 2.63. The van der Waals surface area contributed by atoms with Crippen LogP contribution in [0.4, 0.5) is 0 Å². The highest BCUT2D eigenvalue weighted by molar-refractivity contribution is 6.31. The van der Waals surface area contributed by atoms with E-state index >= 15 is 0 Å². The van der Waals surface area contributed by atoms with E-state index in [1.54, 1.807) is 25.1 Å². The van der Waals surface area contributed by atoms with Gasteiger partial charge in [0.25, 0.3) is 0 Å². The topological polar surface area (TPSA) is 79.4 Å². The number of carboxylic acids is 1. The van der Waals surface area contributed by atoms with E-state index in [1.165, 1.54) is 6.08 Å². The number of carboxylic acid groups (broad SMARTS) is 1. The first-order chi connectivity index (χ1) is 9.52. The second kappa shape index (κ2) is 5.79. The monoisotopic (exact) mass is 293 g/mol. The summed E-state index contributed by atoms with van der Waals surface area (Å²) < 4.78 is 4.95. The lowest BCUT2D eigenvalue weighted by molar-refractivity contribution is -0.131. The molecule has 0 saturated heterocycles. The smallest absolute Gasteiger partial charge is 0.355 e. The van der Waals surface area contributed by atoms with Gasteiger partial charge in [-0.15, -0.1) is 0 Å². The minimum absolute atomic E-state index is 0.210. The number of fused-ring (bicyclic) bond motifs is 1. The van der Waals surface area contributed by atoms with Gasteiger partial charge in [-0.3, -0.25) is 0 Å². The number of H-pyrrole nitrogens is 1. The van der Waals surface area contributed by atoms with E-state index in [1.807, 2.05) is 0 Å². The van der Waals surface area contributed by atoms with Crippen molar-refractivity contribution in [3.05, 3.63) is 40.6 Å². The molecule has 0 amide bonds. The predicted octanol–water partition coefficient (Wildman–Crippen LogP) is 3.10. The third-order valence-corrected chi connectivity index (χ3v) is 2.91. The summed E-state index contributed by atoms with van der Waals surface area (Å²) in [5, 5.41) is 9.89. The number of halogens is 1. The fourth-order valence-corrected chi connectivity index (χ4v) is 2.05. The molecule has 104 valence electrons. The van der Waals surface area contributed by atoms with Gasteiger partial charge < -0.3 is 14.8 Å². The molecule has 0 unspecified atom stereocenters. The summed E-state index contributed by atoms with van der Waals surface area (Å²) in [6, 6.07) is 5.07. The molecule has 2 N–H and O–H groups in total.